The van der Waals surface area contributed by atoms with E-state index in [1.807, 2.05) is 42.2 Å². The number of aryl methyl sites for hydroxylation is 1. The molecular formula is C25H28N8O2. The number of nitrogen functional groups attached to an aromatic ring is 1. The van der Waals surface area contributed by atoms with Gasteiger partial charge in [0.2, 0.25) is 5.91 Å². The molecule has 0 spiro atoms. The van der Waals surface area contributed by atoms with Crippen LogP contribution in [0.4, 0.5) is 11.6 Å². The maximum absolute atomic E-state index is 12.9. The van der Waals surface area contributed by atoms with Gasteiger partial charge in [0.25, 0.3) is 0 Å². The molecule has 1 fully saturated rings. The second-order valence-corrected chi connectivity index (χ2v) is 8.75. The summed E-state index contributed by atoms with van der Waals surface area (Å²) >= 11 is 0. The van der Waals surface area contributed by atoms with Gasteiger partial charge in [0.1, 0.15) is 11.6 Å². The molecule has 1 amide bonds. The van der Waals surface area contributed by atoms with E-state index in [2.05, 4.69) is 25.4 Å². The first-order chi connectivity index (χ1) is 17.0. The van der Waals surface area contributed by atoms with Crippen LogP contribution in [-0.2, 0) is 16.1 Å². The Labute approximate surface area is 202 Å². The van der Waals surface area contributed by atoms with Gasteiger partial charge in [-0.1, -0.05) is 0 Å². The van der Waals surface area contributed by atoms with Crippen LogP contribution in [0.3, 0.4) is 0 Å². The van der Waals surface area contributed by atoms with Crippen LogP contribution in [0.5, 0.6) is 0 Å². The number of hydrogen-bond donors (Lipinski definition) is 3. The average Bonchev–Trinajstić information content (AvgIpc) is 3.52. The van der Waals surface area contributed by atoms with Crippen LogP contribution in [0.25, 0.3) is 22.0 Å². The first kappa shape index (κ1) is 22.9. The predicted octanol–water partition coefficient (Wildman–Crippen LogP) is 2.50. The highest BCUT2D eigenvalue weighted by molar-refractivity contribution is 5.98. The average molecular weight is 473 g/mol. The number of hydrogen-bond acceptors (Lipinski definition) is 8. The molecule has 0 aromatic carbocycles. The van der Waals surface area contributed by atoms with Crippen LogP contribution in [0.2, 0.25) is 0 Å². The number of pyridine rings is 3. The number of nitrogens with two attached hydrogens (primary N) is 2. The standard InChI is InChI=1S/C25H28N8O2/c1-15-2-4-28-12-20(15)22-8-16-9-23(29-13-21(16)24(27)31-22)32-25(34)19-10-18(19)17-11-30-33(14-17)5-7-35-6-3-26/h2,4,8-9,11-14,18-19H,3,5-7,10,26H2,1H3,(H2,27,31)(H,29,32,34)/t18-,19+/m0/s1. The van der Waals surface area contributed by atoms with Crippen LogP contribution in [-0.4, -0.2) is 50.4 Å². The Balaban J connectivity index is 1.26. The van der Waals surface area contributed by atoms with Crippen molar-refractivity contribution in [3.8, 4) is 11.3 Å². The van der Waals surface area contributed by atoms with E-state index < -0.39 is 0 Å². The van der Waals surface area contributed by atoms with Gasteiger partial charge in [0.15, 0.2) is 0 Å². The van der Waals surface area contributed by atoms with E-state index in [1.54, 1.807) is 18.6 Å². The maximum atomic E-state index is 12.9. The zero-order valence-electron chi connectivity index (χ0n) is 19.5. The van der Waals surface area contributed by atoms with Gasteiger partial charge in [0.05, 0.1) is 31.6 Å². The van der Waals surface area contributed by atoms with Gasteiger partial charge in [0, 0.05) is 48.2 Å². The number of rotatable bonds is 9. The number of ether oxygens (including phenoxy) is 1. The molecule has 5 rings (SSSR count). The fourth-order valence-corrected chi connectivity index (χ4v) is 4.22. The van der Waals surface area contributed by atoms with Crippen LogP contribution in [0.15, 0.2) is 49.2 Å². The predicted molar refractivity (Wildman–Crippen MR) is 133 cm³/mol. The molecule has 0 bridgehead atoms. The van der Waals surface area contributed by atoms with Crippen molar-refractivity contribution in [1.29, 1.82) is 0 Å². The van der Waals surface area contributed by atoms with E-state index in [9.17, 15) is 4.79 Å². The van der Waals surface area contributed by atoms with Crippen molar-refractivity contribution in [3.05, 3.63) is 60.3 Å². The molecule has 0 saturated heterocycles. The summed E-state index contributed by atoms with van der Waals surface area (Å²) in [7, 11) is 0. The van der Waals surface area contributed by atoms with Crippen LogP contribution in [0, 0.1) is 12.8 Å². The highest BCUT2D eigenvalue weighted by Gasteiger charge is 2.44. The summed E-state index contributed by atoms with van der Waals surface area (Å²) < 4.78 is 7.24. The molecule has 0 radical (unpaired) electrons. The summed E-state index contributed by atoms with van der Waals surface area (Å²) in [5.41, 5.74) is 15.4. The summed E-state index contributed by atoms with van der Waals surface area (Å²) in [6.07, 6.45) is 9.76. The minimum absolute atomic E-state index is 0.0498. The fraction of sp³-hybridized carbons (Fsp3) is 0.320. The van der Waals surface area contributed by atoms with Crippen molar-refractivity contribution in [2.75, 3.05) is 30.8 Å². The lowest BCUT2D eigenvalue weighted by Crippen LogP contribution is -2.15. The van der Waals surface area contributed by atoms with Gasteiger partial charge in [-0.25, -0.2) is 9.97 Å². The van der Waals surface area contributed by atoms with Gasteiger partial charge < -0.3 is 21.5 Å². The number of carbonyl (C=O) groups is 1. The van der Waals surface area contributed by atoms with Gasteiger partial charge in [-0.15, -0.1) is 0 Å². The van der Waals surface area contributed by atoms with Crippen molar-refractivity contribution in [1.82, 2.24) is 24.7 Å². The third-order valence-corrected chi connectivity index (χ3v) is 6.25. The van der Waals surface area contributed by atoms with Crippen LogP contribution in [0.1, 0.15) is 23.5 Å². The molecule has 10 heteroatoms. The number of carbonyl (C=O) groups excluding carboxylic acids is 1. The molecule has 5 N–H and O–H groups in total. The number of nitrogens with one attached hydrogen (secondary N) is 1. The monoisotopic (exact) mass is 472 g/mol. The molecule has 4 aromatic heterocycles. The summed E-state index contributed by atoms with van der Waals surface area (Å²) in [6, 6.07) is 5.71. The van der Waals surface area contributed by atoms with Crippen LogP contribution < -0.4 is 16.8 Å². The number of fused-ring (bicyclic) bond motifs is 1. The molecule has 35 heavy (non-hydrogen) atoms. The van der Waals surface area contributed by atoms with Crippen molar-refractivity contribution in [3.63, 3.8) is 0 Å². The Kier molecular flexibility index (Phi) is 6.39. The minimum atomic E-state index is -0.102. The molecule has 0 unspecified atom stereocenters. The van der Waals surface area contributed by atoms with Crippen molar-refractivity contribution in [2.24, 2.45) is 11.7 Å². The zero-order valence-corrected chi connectivity index (χ0v) is 19.5. The van der Waals surface area contributed by atoms with Crippen molar-refractivity contribution >= 4 is 28.3 Å². The Hall–Kier alpha value is -3.89. The van der Waals surface area contributed by atoms with E-state index in [1.165, 1.54) is 0 Å². The van der Waals surface area contributed by atoms with E-state index in [4.69, 9.17) is 16.2 Å². The van der Waals surface area contributed by atoms with E-state index >= 15 is 0 Å². The van der Waals surface area contributed by atoms with Crippen molar-refractivity contribution in [2.45, 2.75) is 25.8 Å². The lowest BCUT2D eigenvalue weighted by Gasteiger charge is -2.10. The van der Waals surface area contributed by atoms with Gasteiger partial charge in [-0.05, 0) is 54.0 Å². The molecule has 180 valence electrons. The second kappa shape index (κ2) is 9.77. The van der Waals surface area contributed by atoms with Gasteiger partial charge in [-0.2, -0.15) is 5.10 Å². The van der Waals surface area contributed by atoms with Gasteiger partial charge in [-0.3, -0.25) is 14.5 Å². The Morgan fingerprint density at radius 3 is 2.97 bits per heavy atom. The zero-order chi connectivity index (χ0) is 24.4. The fourth-order valence-electron chi connectivity index (χ4n) is 4.22. The molecule has 4 aromatic rings. The third kappa shape index (κ3) is 4.98. The summed E-state index contributed by atoms with van der Waals surface area (Å²) in [6.45, 7) is 4.26. The molecule has 1 aliphatic rings. The maximum Gasteiger partial charge on any atom is 0.229 e. The first-order valence-corrected chi connectivity index (χ1v) is 11.6. The quantitative estimate of drug-likeness (QED) is 0.315. The number of amides is 1. The smallest absolute Gasteiger partial charge is 0.229 e. The minimum Gasteiger partial charge on any atom is -0.383 e. The second-order valence-electron chi connectivity index (χ2n) is 8.75. The molecule has 1 aliphatic carbocycles. The lowest BCUT2D eigenvalue weighted by atomic mass is 10.1. The Bertz CT molecular complexity index is 1370. The van der Waals surface area contributed by atoms with E-state index in [0.717, 1.165) is 39.6 Å². The molecule has 1 saturated carbocycles. The summed E-state index contributed by atoms with van der Waals surface area (Å²) in [5, 5.41) is 8.92. The van der Waals surface area contributed by atoms with E-state index in [0.29, 0.717) is 37.9 Å². The molecule has 4 heterocycles. The number of aromatic nitrogens is 5. The van der Waals surface area contributed by atoms with E-state index in [-0.39, 0.29) is 17.7 Å². The third-order valence-electron chi connectivity index (χ3n) is 6.25. The lowest BCUT2D eigenvalue weighted by molar-refractivity contribution is -0.117. The number of nitrogens with zero attached hydrogens (tertiary/aromatic N) is 5. The SMILES string of the molecule is Cc1ccncc1-c1cc2cc(NC(=O)[C@@H]3C[C@H]3c3cnn(CCOCCN)c3)ncc2c(N)n1. The summed E-state index contributed by atoms with van der Waals surface area (Å²) in [5.74, 6) is 0.884. The molecule has 0 aliphatic heterocycles. The molecule has 10 nitrogen and oxygen atoms in total. The summed E-state index contributed by atoms with van der Waals surface area (Å²) in [4.78, 5) is 26.0. The Morgan fingerprint density at radius 2 is 2.14 bits per heavy atom. The molecule has 2 atom stereocenters. The van der Waals surface area contributed by atoms with Gasteiger partial charge >= 0.3 is 0 Å². The number of anilines is 2. The topological polar surface area (TPSA) is 147 Å². The largest absolute Gasteiger partial charge is 0.383 e. The normalized spacial score (nSPS) is 17.0. The first-order valence-electron chi connectivity index (χ1n) is 11.6. The van der Waals surface area contributed by atoms with Crippen molar-refractivity contribution < 1.29 is 9.53 Å². The highest BCUT2D eigenvalue weighted by Crippen LogP contribution is 2.47. The highest BCUT2D eigenvalue weighted by atomic mass is 16.5. The molecular weight excluding hydrogens is 444 g/mol. The Morgan fingerprint density at radius 1 is 1.26 bits per heavy atom. The van der Waals surface area contributed by atoms with Crippen LogP contribution >= 0.6 is 0 Å².